The van der Waals surface area contributed by atoms with Gasteiger partial charge in [-0.1, -0.05) is 11.6 Å². The first kappa shape index (κ1) is 16.2. The monoisotopic (exact) mass is 327 g/mol. The second-order valence-corrected chi connectivity index (χ2v) is 6.81. The molecule has 1 saturated heterocycles. The predicted molar refractivity (Wildman–Crippen MR) is 83.8 cm³/mol. The van der Waals surface area contributed by atoms with Gasteiger partial charge in [-0.3, -0.25) is 4.79 Å². The van der Waals surface area contributed by atoms with Crippen LogP contribution in [0.3, 0.4) is 0 Å². The number of amides is 1. The Bertz CT molecular complexity index is 534. The lowest BCUT2D eigenvalue weighted by Crippen LogP contribution is -2.57. The van der Waals surface area contributed by atoms with Crippen molar-refractivity contribution in [3.8, 4) is 0 Å². The highest BCUT2D eigenvalue weighted by atomic mass is 35.5. The minimum atomic E-state index is -1.07. The van der Waals surface area contributed by atoms with Crippen molar-refractivity contribution in [2.45, 2.75) is 36.6 Å². The topological polar surface area (TPSA) is 57.6 Å². The third kappa shape index (κ3) is 3.71. The van der Waals surface area contributed by atoms with E-state index in [0.29, 0.717) is 18.0 Å². The third-order valence-electron chi connectivity index (χ3n) is 3.83. The van der Waals surface area contributed by atoms with Gasteiger partial charge in [-0.15, -0.1) is 11.8 Å². The Balaban J connectivity index is 2.01. The molecule has 0 aliphatic carbocycles. The van der Waals surface area contributed by atoms with Gasteiger partial charge in [-0.2, -0.15) is 0 Å². The number of piperidine rings is 1. The number of carboxylic acid groups (broad SMARTS) is 1. The maximum absolute atomic E-state index is 12.4. The Morgan fingerprint density at radius 1 is 1.33 bits per heavy atom. The van der Waals surface area contributed by atoms with Crippen molar-refractivity contribution < 1.29 is 14.7 Å². The van der Waals surface area contributed by atoms with Gasteiger partial charge in [0.05, 0.1) is 5.75 Å². The van der Waals surface area contributed by atoms with Gasteiger partial charge in [0, 0.05) is 16.5 Å². The maximum Gasteiger partial charge on any atom is 0.329 e. The van der Waals surface area contributed by atoms with Crippen LogP contribution in [0.4, 0.5) is 0 Å². The zero-order chi connectivity index (χ0) is 15.5. The molecule has 1 aliphatic rings. The minimum absolute atomic E-state index is 0.125. The first-order valence-electron chi connectivity index (χ1n) is 6.86. The number of hydrogen-bond acceptors (Lipinski definition) is 3. The molecule has 1 aliphatic heterocycles. The molecule has 2 rings (SSSR count). The minimum Gasteiger partial charge on any atom is -0.480 e. The Morgan fingerprint density at radius 2 is 2.00 bits per heavy atom. The molecule has 4 nitrogen and oxygen atoms in total. The van der Waals surface area contributed by atoms with E-state index in [1.165, 1.54) is 16.7 Å². The summed E-state index contributed by atoms with van der Waals surface area (Å²) in [6.45, 7) is 2.15. The highest BCUT2D eigenvalue weighted by Gasteiger charge is 2.43. The van der Waals surface area contributed by atoms with Crippen LogP contribution in [0.25, 0.3) is 0 Å². The lowest BCUT2D eigenvalue weighted by atomic mass is 9.88. The summed E-state index contributed by atoms with van der Waals surface area (Å²) in [4.78, 5) is 26.3. The fraction of sp³-hybridized carbons (Fsp3) is 0.467. The van der Waals surface area contributed by atoms with Crippen molar-refractivity contribution in [3.63, 3.8) is 0 Å². The summed E-state index contributed by atoms with van der Waals surface area (Å²) in [5.74, 6) is -0.809. The lowest BCUT2D eigenvalue weighted by molar-refractivity contribution is -0.159. The van der Waals surface area contributed by atoms with E-state index in [-0.39, 0.29) is 11.7 Å². The Hall–Kier alpha value is -1.20. The number of hydrogen-bond donors (Lipinski definition) is 1. The van der Waals surface area contributed by atoms with E-state index in [1.807, 2.05) is 12.1 Å². The largest absolute Gasteiger partial charge is 0.480 e. The van der Waals surface area contributed by atoms with E-state index in [2.05, 4.69) is 0 Å². The summed E-state index contributed by atoms with van der Waals surface area (Å²) in [5.41, 5.74) is -1.07. The van der Waals surface area contributed by atoms with E-state index < -0.39 is 11.5 Å². The summed E-state index contributed by atoms with van der Waals surface area (Å²) in [7, 11) is 0. The zero-order valence-electron chi connectivity index (χ0n) is 11.8. The number of aliphatic carboxylic acids is 1. The van der Waals surface area contributed by atoms with Crippen molar-refractivity contribution in [1.29, 1.82) is 0 Å². The molecule has 1 heterocycles. The Morgan fingerprint density at radius 3 is 2.62 bits per heavy atom. The highest BCUT2D eigenvalue weighted by molar-refractivity contribution is 8.00. The van der Waals surface area contributed by atoms with Crippen LogP contribution >= 0.6 is 23.4 Å². The number of carboxylic acids is 1. The normalized spacial score (nSPS) is 22.1. The highest BCUT2D eigenvalue weighted by Crippen LogP contribution is 2.30. The molecular formula is C15H18ClNO3S. The van der Waals surface area contributed by atoms with Gasteiger partial charge >= 0.3 is 5.97 Å². The molecule has 1 aromatic carbocycles. The number of carbonyl (C=O) groups excluding carboxylic acids is 1. The zero-order valence-corrected chi connectivity index (χ0v) is 13.4. The third-order valence-corrected chi connectivity index (χ3v) is 5.08. The van der Waals surface area contributed by atoms with E-state index in [9.17, 15) is 14.7 Å². The Kier molecular flexibility index (Phi) is 5.17. The number of likely N-dealkylation sites (tertiary alicyclic amines) is 1. The van der Waals surface area contributed by atoms with Crippen molar-refractivity contribution >= 4 is 35.2 Å². The van der Waals surface area contributed by atoms with Crippen LogP contribution in [-0.2, 0) is 9.59 Å². The molecule has 1 atom stereocenters. The molecule has 21 heavy (non-hydrogen) atoms. The summed E-state index contributed by atoms with van der Waals surface area (Å²) < 4.78 is 0. The predicted octanol–water partition coefficient (Wildman–Crippen LogP) is 3.29. The van der Waals surface area contributed by atoms with E-state index in [4.69, 9.17) is 11.6 Å². The number of benzene rings is 1. The van der Waals surface area contributed by atoms with Gasteiger partial charge in [-0.05, 0) is 50.5 Å². The molecule has 114 valence electrons. The standard InChI is InChI=1S/C15H18ClNO3S/c1-15(14(19)20)8-2-3-9-17(15)13(18)10-21-12-6-4-11(16)5-7-12/h4-7H,2-3,8-10H2,1H3,(H,19,20). The van der Waals surface area contributed by atoms with Crippen LogP contribution in [0.5, 0.6) is 0 Å². The fourth-order valence-corrected chi connectivity index (χ4v) is 3.40. The maximum atomic E-state index is 12.4. The first-order valence-corrected chi connectivity index (χ1v) is 8.22. The second-order valence-electron chi connectivity index (χ2n) is 5.32. The van der Waals surface area contributed by atoms with Gasteiger partial charge in [-0.25, -0.2) is 4.79 Å². The van der Waals surface area contributed by atoms with Gasteiger partial charge in [0.25, 0.3) is 0 Å². The molecule has 1 amide bonds. The quantitative estimate of drug-likeness (QED) is 0.862. The van der Waals surface area contributed by atoms with Gasteiger partial charge in [0.2, 0.25) is 5.91 Å². The first-order chi connectivity index (χ1) is 9.93. The van der Waals surface area contributed by atoms with Crippen molar-refractivity contribution in [3.05, 3.63) is 29.3 Å². The molecule has 0 radical (unpaired) electrons. The lowest BCUT2D eigenvalue weighted by Gasteiger charge is -2.41. The summed E-state index contributed by atoms with van der Waals surface area (Å²) >= 11 is 7.22. The van der Waals surface area contributed by atoms with E-state index >= 15 is 0 Å². The number of nitrogens with zero attached hydrogens (tertiary/aromatic N) is 1. The molecule has 1 aromatic rings. The molecular weight excluding hydrogens is 310 g/mol. The van der Waals surface area contributed by atoms with Crippen molar-refractivity contribution in [2.24, 2.45) is 0 Å². The molecule has 0 bridgehead atoms. The molecule has 1 N–H and O–H groups in total. The van der Waals surface area contributed by atoms with Crippen LogP contribution in [0, 0.1) is 0 Å². The number of carbonyl (C=O) groups is 2. The van der Waals surface area contributed by atoms with Gasteiger partial charge < -0.3 is 10.0 Å². The van der Waals surface area contributed by atoms with Crippen molar-refractivity contribution in [1.82, 2.24) is 4.90 Å². The average molecular weight is 328 g/mol. The number of thioether (sulfide) groups is 1. The molecule has 1 fully saturated rings. The molecule has 6 heteroatoms. The van der Waals surface area contributed by atoms with Crippen LogP contribution in [-0.4, -0.2) is 39.7 Å². The Labute approximate surface area is 133 Å². The molecule has 1 unspecified atom stereocenters. The fourth-order valence-electron chi connectivity index (χ4n) is 2.50. The summed E-state index contributed by atoms with van der Waals surface area (Å²) in [6, 6.07) is 7.26. The molecule has 0 spiro atoms. The van der Waals surface area contributed by atoms with Gasteiger partial charge in [0.15, 0.2) is 0 Å². The van der Waals surface area contributed by atoms with E-state index in [0.717, 1.165) is 17.7 Å². The molecule has 0 aromatic heterocycles. The van der Waals surface area contributed by atoms with Gasteiger partial charge in [0.1, 0.15) is 5.54 Å². The van der Waals surface area contributed by atoms with E-state index in [1.54, 1.807) is 19.1 Å². The average Bonchev–Trinajstić information content (AvgIpc) is 2.46. The van der Waals surface area contributed by atoms with Crippen LogP contribution in [0.1, 0.15) is 26.2 Å². The molecule has 0 saturated carbocycles. The summed E-state index contributed by atoms with van der Waals surface area (Å²) in [5, 5.41) is 10.1. The van der Waals surface area contributed by atoms with Crippen molar-refractivity contribution in [2.75, 3.05) is 12.3 Å². The van der Waals surface area contributed by atoms with Crippen LogP contribution < -0.4 is 0 Å². The van der Waals surface area contributed by atoms with Crippen LogP contribution in [0.2, 0.25) is 5.02 Å². The smallest absolute Gasteiger partial charge is 0.329 e. The number of halogens is 1. The number of rotatable bonds is 4. The summed E-state index contributed by atoms with van der Waals surface area (Å²) in [6.07, 6.45) is 2.22. The second kappa shape index (κ2) is 6.71. The van der Waals surface area contributed by atoms with Crippen LogP contribution in [0.15, 0.2) is 29.2 Å². The SMILES string of the molecule is CC1(C(=O)O)CCCCN1C(=O)CSc1ccc(Cl)cc1.